The van der Waals surface area contributed by atoms with E-state index in [0.717, 1.165) is 0 Å². The summed E-state index contributed by atoms with van der Waals surface area (Å²) in [5, 5.41) is 2.52. The van der Waals surface area contributed by atoms with Crippen LogP contribution in [-0.4, -0.2) is 37.1 Å². The summed E-state index contributed by atoms with van der Waals surface area (Å²) in [6.45, 7) is 7.17. The van der Waals surface area contributed by atoms with E-state index in [1.54, 1.807) is 0 Å². The van der Waals surface area contributed by atoms with E-state index in [1.165, 1.54) is 6.08 Å². The lowest BCUT2D eigenvalue weighted by atomic mass is 10.2. The zero-order chi connectivity index (χ0) is 12.8. The molecule has 0 bridgehead atoms. The Morgan fingerprint density at radius 3 is 3.00 bits per heavy atom. The molecule has 1 aliphatic heterocycles. The monoisotopic (exact) mass is 243 g/mol. The Labute approximate surface area is 99.9 Å². The Hall–Kier alpha value is -1.56. The van der Waals surface area contributed by atoms with E-state index < -0.39 is 24.4 Å². The first-order valence-corrected chi connectivity index (χ1v) is 5.42. The molecular weight excluding hydrogens is 226 g/mol. The molecule has 6 heteroatoms. The lowest BCUT2D eigenvalue weighted by Crippen LogP contribution is -2.42. The zero-order valence-corrected chi connectivity index (χ0v) is 9.97. The summed E-state index contributed by atoms with van der Waals surface area (Å²) in [5.74, 6) is -0.398. The number of esters is 1. The Morgan fingerprint density at radius 1 is 1.71 bits per heavy atom. The number of ether oxygens (including phenoxy) is 3. The number of alkyl carbamates (subject to hydrolysis) is 1. The van der Waals surface area contributed by atoms with Crippen LogP contribution in [0.25, 0.3) is 0 Å². The number of carbonyl (C=O) groups is 2. The second-order valence-electron chi connectivity index (χ2n) is 3.89. The second kappa shape index (κ2) is 6.24. The first-order valence-electron chi connectivity index (χ1n) is 5.42. The van der Waals surface area contributed by atoms with Crippen molar-refractivity contribution in [3.8, 4) is 0 Å². The smallest absolute Gasteiger partial charge is 0.407 e. The van der Waals surface area contributed by atoms with Crippen molar-refractivity contribution in [2.24, 2.45) is 0 Å². The summed E-state index contributed by atoms with van der Waals surface area (Å²) in [6.07, 6.45) is 0.0715. The van der Waals surface area contributed by atoms with Crippen LogP contribution in [0.3, 0.4) is 0 Å². The highest BCUT2D eigenvalue weighted by molar-refractivity contribution is 5.75. The minimum absolute atomic E-state index is 0.0839. The molecule has 2 unspecified atom stereocenters. The van der Waals surface area contributed by atoms with Gasteiger partial charge < -0.3 is 19.5 Å². The van der Waals surface area contributed by atoms with Crippen molar-refractivity contribution < 1.29 is 23.8 Å². The number of hydrogen-bond donors (Lipinski definition) is 1. The van der Waals surface area contributed by atoms with Crippen molar-refractivity contribution in [2.75, 3.05) is 6.61 Å². The van der Waals surface area contributed by atoms with Crippen LogP contribution in [0.2, 0.25) is 0 Å². The van der Waals surface area contributed by atoms with E-state index >= 15 is 0 Å². The van der Waals surface area contributed by atoms with Gasteiger partial charge in [0.25, 0.3) is 0 Å². The van der Waals surface area contributed by atoms with E-state index in [1.807, 2.05) is 13.8 Å². The molecule has 6 nitrogen and oxygen atoms in total. The van der Waals surface area contributed by atoms with Crippen LogP contribution in [0.1, 0.15) is 20.3 Å². The zero-order valence-electron chi connectivity index (χ0n) is 9.97. The van der Waals surface area contributed by atoms with Crippen molar-refractivity contribution in [1.29, 1.82) is 0 Å². The predicted octanol–water partition coefficient (Wildman–Crippen LogP) is 0.965. The lowest BCUT2D eigenvalue weighted by molar-refractivity contribution is -0.171. The van der Waals surface area contributed by atoms with E-state index in [4.69, 9.17) is 14.2 Å². The van der Waals surface area contributed by atoms with Gasteiger partial charge in [0, 0.05) is 0 Å². The Morgan fingerprint density at radius 2 is 2.41 bits per heavy atom. The standard InChI is InChI=1S/C11H17NO5/c1-4-5-15-11(14)12-8-6-9(13)17-10(8)16-7(2)3/h4,7-8,10H,1,5-6H2,2-3H3,(H,12,14). The van der Waals surface area contributed by atoms with E-state index in [2.05, 4.69) is 11.9 Å². The predicted molar refractivity (Wildman–Crippen MR) is 59.2 cm³/mol. The third-order valence-electron chi connectivity index (χ3n) is 2.00. The maximum atomic E-state index is 11.3. The second-order valence-corrected chi connectivity index (χ2v) is 3.89. The van der Waals surface area contributed by atoms with Crippen LogP contribution in [-0.2, 0) is 19.0 Å². The normalized spacial score (nSPS) is 23.4. The summed E-state index contributed by atoms with van der Waals surface area (Å²) in [4.78, 5) is 22.4. The number of cyclic esters (lactones) is 1. The van der Waals surface area contributed by atoms with Crippen LogP contribution in [0.4, 0.5) is 4.79 Å². The van der Waals surface area contributed by atoms with Gasteiger partial charge in [-0.2, -0.15) is 0 Å². The van der Waals surface area contributed by atoms with E-state index in [-0.39, 0.29) is 19.1 Å². The Bertz CT molecular complexity index is 302. The van der Waals surface area contributed by atoms with Gasteiger partial charge in [0.2, 0.25) is 6.29 Å². The molecule has 0 saturated carbocycles. The van der Waals surface area contributed by atoms with Crippen LogP contribution in [0.15, 0.2) is 12.7 Å². The summed E-state index contributed by atoms with van der Waals surface area (Å²) in [7, 11) is 0. The lowest BCUT2D eigenvalue weighted by Gasteiger charge is -2.20. The summed E-state index contributed by atoms with van der Waals surface area (Å²) < 4.78 is 15.1. The van der Waals surface area contributed by atoms with Gasteiger partial charge in [-0.05, 0) is 13.8 Å². The third-order valence-corrected chi connectivity index (χ3v) is 2.00. The molecule has 1 heterocycles. The molecule has 1 N–H and O–H groups in total. The van der Waals surface area contributed by atoms with Gasteiger partial charge in [-0.25, -0.2) is 4.79 Å². The molecule has 1 amide bonds. The average molecular weight is 243 g/mol. The third kappa shape index (κ3) is 4.44. The van der Waals surface area contributed by atoms with Crippen molar-refractivity contribution in [3.05, 3.63) is 12.7 Å². The minimum atomic E-state index is -0.751. The minimum Gasteiger partial charge on any atom is -0.445 e. The highest BCUT2D eigenvalue weighted by Crippen LogP contribution is 2.17. The highest BCUT2D eigenvalue weighted by atomic mass is 16.7. The number of carbonyl (C=O) groups excluding carboxylic acids is 2. The molecular formula is C11H17NO5. The van der Waals surface area contributed by atoms with Gasteiger partial charge in [0.05, 0.1) is 12.5 Å². The molecule has 0 radical (unpaired) electrons. The van der Waals surface area contributed by atoms with Gasteiger partial charge in [0.15, 0.2) is 0 Å². The largest absolute Gasteiger partial charge is 0.445 e. The molecule has 0 aromatic heterocycles. The topological polar surface area (TPSA) is 73.9 Å². The van der Waals surface area contributed by atoms with E-state index in [0.29, 0.717) is 0 Å². The number of hydrogen-bond acceptors (Lipinski definition) is 5. The fourth-order valence-electron chi connectivity index (χ4n) is 1.37. The molecule has 1 saturated heterocycles. The quantitative estimate of drug-likeness (QED) is 0.575. The Balaban J connectivity index is 2.46. The van der Waals surface area contributed by atoms with E-state index in [9.17, 15) is 9.59 Å². The first-order chi connectivity index (χ1) is 8.02. The molecule has 0 aromatic rings. The molecule has 0 aromatic carbocycles. The average Bonchev–Trinajstić information content (AvgIpc) is 2.55. The van der Waals surface area contributed by atoms with Crippen molar-refractivity contribution in [2.45, 2.75) is 38.7 Å². The molecule has 2 atom stereocenters. The molecule has 17 heavy (non-hydrogen) atoms. The van der Waals surface area contributed by atoms with Crippen LogP contribution >= 0.6 is 0 Å². The van der Waals surface area contributed by atoms with Gasteiger partial charge in [-0.15, -0.1) is 0 Å². The summed E-state index contributed by atoms with van der Waals surface area (Å²) in [6, 6.07) is -0.512. The SMILES string of the molecule is C=CCOC(=O)NC1CC(=O)OC1OC(C)C. The number of nitrogens with one attached hydrogen (secondary N) is 1. The van der Waals surface area contributed by atoms with Gasteiger partial charge >= 0.3 is 12.1 Å². The van der Waals surface area contributed by atoms with Crippen molar-refractivity contribution in [1.82, 2.24) is 5.32 Å². The Kier molecular flexibility index (Phi) is 4.96. The molecule has 96 valence electrons. The van der Waals surface area contributed by atoms with Crippen LogP contribution in [0.5, 0.6) is 0 Å². The number of amides is 1. The van der Waals surface area contributed by atoms with Crippen LogP contribution < -0.4 is 5.32 Å². The number of rotatable bonds is 5. The first kappa shape index (κ1) is 13.5. The van der Waals surface area contributed by atoms with Crippen molar-refractivity contribution >= 4 is 12.1 Å². The maximum Gasteiger partial charge on any atom is 0.407 e. The molecule has 1 rings (SSSR count). The van der Waals surface area contributed by atoms with Crippen LogP contribution in [0, 0.1) is 0 Å². The van der Waals surface area contributed by atoms with Crippen molar-refractivity contribution in [3.63, 3.8) is 0 Å². The highest BCUT2D eigenvalue weighted by Gasteiger charge is 2.37. The maximum absolute atomic E-state index is 11.3. The molecule has 1 fully saturated rings. The fourth-order valence-corrected chi connectivity index (χ4v) is 1.37. The van der Waals surface area contributed by atoms with Gasteiger partial charge in [0.1, 0.15) is 12.6 Å². The fraction of sp³-hybridized carbons (Fsp3) is 0.636. The molecule has 0 spiro atoms. The van der Waals surface area contributed by atoms with Gasteiger partial charge in [-0.3, -0.25) is 4.79 Å². The molecule has 0 aliphatic carbocycles. The summed E-state index contributed by atoms with van der Waals surface area (Å²) in [5.41, 5.74) is 0. The molecule has 1 aliphatic rings. The van der Waals surface area contributed by atoms with Gasteiger partial charge in [-0.1, -0.05) is 12.7 Å². The summed E-state index contributed by atoms with van der Waals surface area (Å²) >= 11 is 0.